The fourth-order valence-corrected chi connectivity index (χ4v) is 2.16. The Hall–Kier alpha value is -0.840. The predicted molar refractivity (Wildman–Crippen MR) is 71.8 cm³/mol. The van der Waals surface area contributed by atoms with Crippen LogP contribution in [-0.2, 0) is 0 Å². The summed E-state index contributed by atoms with van der Waals surface area (Å²) in [5, 5.41) is 6.39. The van der Waals surface area contributed by atoms with E-state index in [1.165, 1.54) is 0 Å². The Kier molecular flexibility index (Phi) is 4.99. The third-order valence-electron chi connectivity index (χ3n) is 2.23. The molecule has 0 amide bonds. The molecule has 1 atom stereocenters. The highest BCUT2D eigenvalue weighted by Gasteiger charge is 2.10. The lowest BCUT2D eigenvalue weighted by atomic mass is 10.1. The van der Waals surface area contributed by atoms with Crippen molar-refractivity contribution in [3.63, 3.8) is 0 Å². The summed E-state index contributed by atoms with van der Waals surface area (Å²) in [5.41, 5.74) is 0. The molecule has 0 aliphatic carbocycles. The number of nitrogens with one attached hydrogen (secondary N) is 2. The number of hydrogen-bond donors (Lipinski definition) is 2. The maximum Gasteiger partial charge on any atom is 0.146 e. The van der Waals surface area contributed by atoms with Gasteiger partial charge in [0.05, 0.1) is 0 Å². The Bertz CT molecular complexity index is 341. The topological polar surface area (TPSA) is 49.8 Å². The molecule has 0 aromatic carbocycles. The fraction of sp³-hybridized carbons (Fsp3) is 0.636. The van der Waals surface area contributed by atoms with Gasteiger partial charge in [-0.15, -0.1) is 0 Å². The largest absolute Gasteiger partial charge is 0.372 e. The number of nitrogens with zero attached hydrogens (tertiary/aromatic N) is 2. The third kappa shape index (κ3) is 3.63. The number of rotatable bonds is 5. The molecule has 1 aromatic heterocycles. The highest BCUT2D eigenvalue weighted by Crippen LogP contribution is 2.26. The van der Waals surface area contributed by atoms with Gasteiger partial charge in [-0.05, 0) is 35.2 Å². The number of hydrogen-bond acceptors (Lipinski definition) is 4. The van der Waals surface area contributed by atoms with Crippen LogP contribution in [0.5, 0.6) is 0 Å². The van der Waals surface area contributed by atoms with Crippen molar-refractivity contribution in [2.75, 3.05) is 17.7 Å². The molecule has 1 rings (SSSR count). The van der Waals surface area contributed by atoms with E-state index in [0.717, 1.165) is 22.5 Å². The molecule has 0 aliphatic heterocycles. The van der Waals surface area contributed by atoms with Gasteiger partial charge in [0.15, 0.2) is 0 Å². The van der Waals surface area contributed by atoms with Crippen molar-refractivity contribution in [2.45, 2.75) is 33.2 Å². The molecule has 2 N–H and O–H groups in total. The van der Waals surface area contributed by atoms with Crippen molar-refractivity contribution < 1.29 is 0 Å². The molecular formula is C11H19BrN4. The van der Waals surface area contributed by atoms with Crippen LogP contribution in [0, 0.1) is 5.92 Å². The van der Waals surface area contributed by atoms with Crippen LogP contribution in [0.1, 0.15) is 27.2 Å². The Balaban J connectivity index is 2.73. The molecule has 1 unspecified atom stereocenters. The van der Waals surface area contributed by atoms with Crippen molar-refractivity contribution in [1.82, 2.24) is 9.97 Å². The van der Waals surface area contributed by atoms with E-state index in [2.05, 4.69) is 57.3 Å². The van der Waals surface area contributed by atoms with E-state index < -0.39 is 0 Å². The van der Waals surface area contributed by atoms with Gasteiger partial charge in [-0.1, -0.05) is 13.8 Å². The van der Waals surface area contributed by atoms with Gasteiger partial charge in [0.1, 0.15) is 22.4 Å². The van der Waals surface area contributed by atoms with Crippen LogP contribution in [0.25, 0.3) is 0 Å². The molecule has 0 radical (unpaired) electrons. The van der Waals surface area contributed by atoms with Crippen molar-refractivity contribution >= 4 is 27.6 Å². The van der Waals surface area contributed by atoms with Gasteiger partial charge in [-0.3, -0.25) is 0 Å². The van der Waals surface area contributed by atoms with Gasteiger partial charge in [-0.25, -0.2) is 9.97 Å². The van der Waals surface area contributed by atoms with E-state index in [4.69, 9.17) is 0 Å². The number of halogens is 1. The van der Waals surface area contributed by atoms with Gasteiger partial charge in [-0.2, -0.15) is 0 Å². The maximum absolute atomic E-state index is 4.23. The number of aromatic nitrogens is 2. The predicted octanol–water partition coefficient (Wildman–Crippen LogP) is 3.13. The minimum absolute atomic E-state index is 0.399. The first-order valence-electron chi connectivity index (χ1n) is 5.49. The molecule has 5 heteroatoms. The lowest BCUT2D eigenvalue weighted by Gasteiger charge is -2.17. The summed E-state index contributed by atoms with van der Waals surface area (Å²) in [6.45, 7) is 6.59. The molecule has 0 saturated heterocycles. The molecule has 1 heterocycles. The second kappa shape index (κ2) is 6.03. The molecule has 1 aromatic rings. The highest BCUT2D eigenvalue weighted by molar-refractivity contribution is 9.10. The maximum atomic E-state index is 4.23. The summed E-state index contributed by atoms with van der Waals surface area (Å²) in [7, 11) is 1.84. The second-order valence-corrected chi connectivity index (χ2v) is 5.10. The van der Waals surface area contributed by atoms with Crippen LogP contribution in [0.3, 0.4) is 0 Å². The molecule has 16 heavy (non-hydrogen) atoms. The Labute approximate surface area is 105 Å². The van der Waals surface area contributed by atoms with Crippen molar-refractivity contribution in [2.24, 2.45) is 5.92 Å². The fourth-order valence-electron chi connectivity index (χ4n) is 1.64. The average molecular weight is 287 g/mol. The first kappa shape index (κ1) is 13.2. The zero-order valence-corrected chi connectivity index (χ0v) is 11.8. The monoisotopic (exact) mass is 286 g/mol. The lowest BCUT2D eigenvalue weighted by molar-refractivity contribution is 0.538. The van der Waals surface area contributed by atoms with E-state index in [-0.39, 0.29) is 0 Å². The quantitative estimate of drug-likeness (QED) is 0.873. The smallest absolute Gasteiger partial charge is 0.146 e. The van der Waals surface area contributed by atoms with Crippen LogP contribution in [-0.4, -0.2) is 23.1 Å². The van der Waals surface area contributed by atoms with Crippen molar-refractivity contribution in [3.8, 4) is 0 Å². The van der Waals surface area contributed by atoms with Gasteiger partial charge in [0.2, 0.25) is 0 Å². The number of anilines is 2. The SMILES string of the molecule is CNc1ncnc(NC(C)CC(C)C)c1Br. The molecule has 0 spiro atoms. The van der Waals surface area contributed by atoms with Crippen LogP contribution in [0.15, 0.2) is 10.8 Å². The van der Waals surface area contributed by atoms with Crippen molar-refractivity contribution in [3.05, 3.63) is 10.8 Å². The molecular weight excluding hydrogens is 268 g/mol. The van der Waals surface area contributed by atoms with Gasteiger partial charge in [0.25, 0.3) is 0 Å². The summed E-state index contributed by atoms with van der Waals surface area (Å²) in [4.78, 5) is 8.34. The van der Waals surface area contributed by atoms with Gasteiger partial charge >= 0.3 is 0 Å². The standard InChI is InChI=1S/C11H19BrN4/c1-7(2)5-8(3)16-11-9(12)10(13-4)14-6-15-11/h6-8H,5H2,1-4H3,(H2,13,14,15,16). The van der Waals surface area contributed by atoms with Crippen LogP contribution >= 0.6 is 15.9 Å². The first-order chi connectivity index (χ1) is 7.54. The first-order valence-corrected chi connectivity index (χ1v) is 6.28. The highest BCUT2D eigenvalue weighted by atomic mass is 79.9. The summed E-state index contributed by atoms with van der Waals surface area (Å²) in [6, 6.07) is 0.399. The Morgan fingerprint density at radius 3 is 2.44 bits per heavy atom. The van der Waals surface area contributed by atoms with Gasteiger partial charge < -0.3 is 10.6 Å². The average Bonchev–Trinajstić information content (AvgIpc) is 2.20. The minimum atomic E-state index is 0.399. The summed E-state index contributed by atoms with van der Waals surface area (Å²) < 4.78 is 0.883. The molecule has 90 valence electrons. The molecule has 4 nitrogen and oxygen atoms in total. The van der Waals surface area contributed by atoms with E-state index >= 15 is 0 Å². The Morgan fingerprint density at radius 2 is 1.88 bits per heavy atom. The molecule has 0 bridgehead atoms. The summed E-state index contributed by atoms with van der Waals surface area (Å²) in [5.74, 6) is 2.31. The second-order valence-electron chi connectivity index (χ2n) is 4.31. The van der Waals surface area contributed by atoms with E-state index in [9.17, 15) is 0 Å². The molecule has 0 saturated carbocycles. The summed E-state index contributed by atoms with van der Waals surface area (Å²) >= 11 is 3.49. The van der Waals surface area contributed by atoms with Gasteiger partial charge in [0, 0.05) is 13.1 Å². The zero-order valence-electron chi connectivity index (χ0n) is 10.2. The zero-order chi connectivity index (χ0) is 12.1. The van der Waals surface area contributed by atoms with E-state index in [1.54, 1.807) is 6.33 Å². The third-order valence-corrected chi connectivity index (χ3v) is 2.99. The normalized spacial score (nSPS) is 12.6. The van der Waals surface area contributed by atoms with Crippen LogP contribution in [0.4, 0.5) is 11.6 Å². The molecule has 0 aliphatic rings. The minimum Gasteiger partial charge on any atom is -0.372 e. The van der Waals surface area contributed by atoms with E-state index in [1.807, 2.05) is 7.05 Å². The molecule has 0 fully saturated rings. The van der Waals surface area contributed by atoms with Crippen molar-refractivity contribution in [1.29, 1.82) is 0 Å². The van der Waals surface area contributed by atoms with E-state index in [0.29, 0.717) is 12.0 Å². The van der Waals surface area contributed by atoms with Crippen LogP contribution in [0.2, 0.25) is 0 Å². The summed E-state index contributed by atoms with van der Waals surface area (Å²) in [6.07, 6.45) is 2.67. The lowest BCUT2D eigenvalue weighted by Crippen LogP contribution is -2.19. The Morgan fingerprint density at radius 1 is 1.25 bits per heavy atom. The van der Waals surface area contributed by atoms with Crippen LogP contribution < -0.4 is 10.6 Å².